The Hall–Kier alpha value is -1.35. The Morgan fingerprint density at radius 3 is 2.50 bits per heavy atom. The lowest BCUT2D eigenvalue weighted by molar-refractivity contribution is -0.144. The number of piperidine rings is 1. The van der Waals surface area contributed by atoms with E-state index in [2.05, 4.69) is 49.9 Å². The van der Waals surface area contributed by atoms with Crippen LogP contribution in [0, 0.1) is 5.92 Å². The average Bonchev–Trinajstić information content (AvgIpc) is 2.41. The van der Waals surface area contributed by atoms with Gasteiger partial charge < -0.3 is 5.11 Å². The molecule has 0 spiro atoms. The number of carbonyl (C=O) groups is 1. The molecule has 0 aromatic heterocycles. The van der Waals surface area contributed by atoms with Crippen LogP contribution in [0.1, 0.15) is 50.7 Å². The highest BCUT2D eigenvalue weighted by Gasteiger charge is 2.29. The van der Waals surface area contributed by atoms with Crippen LogP contribution in [0.2, 0.25) is 0 Å². The summed E-state index contributed by atoms with van der Waals surface area (Å²) in [7, 11) is 0. The van der Waals surface area contributed by atoms with E-state index in [0.29, 0.717) is 18.5 Å². The summed E-state index contributed by atoms with van der Waals surface area (Å²) in [5.74, 6) is -0.312. The first-order valence-electron chi connectivity index (χ1n) is 7.53. The van der Waals surface area contributed by atoms with Crippen LogP contribution in [-0.2, 0) is 11.3 Å². The quantitative estimate of drug-likeness (QED) is 0.914. The number of carboxylic acids is 1. The third kappa shape index (κ3) is 3.60. The number of aliphatic carboxylic acids is 1. The lowest BCUT2D eigenvalue weighted by atomic mass is 9.93. The van der Waals surface area contributed by atoms with Crippen molar-refractivity contribution in [2.75, 3.05) is 6.54 Å². The van der Waals surface area contributed by atoms with Crippen molar-refractivity contribution in [1.82, 2.24) is 4.90 Å². The molecule has 1 aromatic rings. The van der Waals surface area contributed by atoms with Gasteiger partial charge in [-0.05, 0) is 36.8 Å². The van der Waals surface area contributed by atoms with Crippen molar-refractivity contribution in [3.05, 3.63) is 35.4 Å². The highest BCUT2D eigenvalue weighted by atomic mass is 16.4. The predicted molar refractivity (Wildman–Crippen MR) is 80.8 cm³/mol. The van der Waals surface area contributed by atoms with Crippen molar-refractivity contribution < 1.29 is 9.90 Å². The molecule has 110 valence electrons. The smallest absolute Gasteiger partial charge is 0.307 e. The fourth-order valence-corrected chi connectivity index (χ4v) is 2.84. The molecule has 1 heterocycles. The maximum atomic E-state index is 11.2. The van der Waals surface area contributed by atoms with E-state index in [0.717, 1.165) is 19.4 Å². The van der Waals surface area contributed by atoms with E-state index >= 15 is 0 Å². The van der Waals surface area contributed by atoms with Gasteiger partial charge in [0.15, 0.2) is 0 Å². The van der Waals surface area contributed by atoms with Gasteiger partial charge >= 0.3 is 5.97 Å². The Bertz CT molecular complexity index is 453. The monoisotopic (exact) mass is 275 g/mol. The van der Waals surface area contributed by atoms with Gasteiger partial charge in [0, 0.05) is 19.1 Å². The second-order valence-electron chi connectivity index (χ2n) is 6.29. The maximum absolute atomic E-state index is 11.2. The molecule has 1 aliphatic heterocycles. The maximum Gasteiger partial charge on any atom is 0.307 e. The van der Waals surface area contributed by atoms with Crippen LogP contribution < -0.4 is 0 Å². The summed E-state index contributed by atoms with van der Waals surface area (Å²) in [6, 6.07) is 9.18. The molecule has 0 saturated carbocycles. The zero-order valence-corrected chi connectivity index (χ0v) is 12.7. The van der Waals surface area contributed by atoms with Crippen molar-refractivity contribution in [3.8, 4) is 0 Å². The topological polar surface area (TPSA) is 40.5 Å². The molecule has 1 N–H and O–H groups in total. The Labute approximate surface area is 121 Å². The van der Waals surface area contributed by atoms with Crippen molar-refractivity contribution >= 4 is 5.97 Å². The van der Waals surface area contributed by atoms with Crippen LogP contribution in [0.5, 0.6) is 0 Å². The third-order valence-electron chi connectivity index (χ3n) is 4.39. The zero-order valence-electron chi connectivity index (χ0n) is 12.7. The summed E-state index contributed by atoms with van der Waals surface area (Å²) in [6.07, 6.45) is 1.78. The molecule has 1 saturated heterocycles. The SMILES string of the molecule is CC(C)c1ccc(CN2CC(C(=O)O)CCC2C)cc1. The van der Waals surface area contributed by atoms with Crippen LogP contribution in [-0.4, -0.2) is 28.6 Å². The van der Waals surface area contributed by atoms with E-state index in [1.54, 1.807) is 0 Å². The second-order valence-corrected chi connectivity index (χ2v) is 6.29. The number of carboxylic acid groups (broad SMARTS) is 1. The molecule has 1 fully saturated rings. The molecule has 0 bridgehead atoms. The standard InChI is InChI=1S/C17H25NO2/c1-12(2)15-8-5-14(6-9-15)10-18-11-16(17(19)20)7-4-13(18)3/h5-6,8-9,12-13,16H,4,7,10-11H2,1-3H3,(H,19,20). The van der Waals surface area contributed by atoms with Gasteiger partial charge in [-0.25, -0.2) is 0 Å². The average molecular weight is 275 g/mol. The van der Waals surface area contributed by atoms with Crippen molar-refractivity contribution in [1.29, 1.82) is 0 Å². The minimum Gasteiger partial charge on any atom is -0.481 e. The lowest BCUT2D eigenvalue weighted by Crippen LogP contribution is -2.43. The second kappa shape index (κ2) is 6.40. The predicted octanol–water partition coefficient (Wildman–Crippen LogP) is 3.50. The van der Waals surface area contributed by atoms with Gasteiger partial charge in [0.25, 0.3) is 0 Å². The zero-order chi connectivity index (χ0) is 14.7. The molecule has 0 radical (unpaired) electrons. The molecule has 3 heteroatoms. The molecular weight excluding hydrogens is 250 g/mol. The van der Waals surface area contributed by atoms with Gasteiger partial charge in [0.2, 0.25) is 0 Å². The molecule has 0 aliphatic carbocycles. The van der Waals surface area contributed by atoms with Gasteiger partial charge in [-0.15, -0.1) is 0 Å². The highest BCUT2D eigenvalue weighted by Crippen LogP contribution is 2.24. The number of nitrogens with zero attached hydrogens (tertiary/aromatic N) is 1. The molecule has 1 aromatic carbocycles. The number of likely N-dealkylation sites (tertiary alicyclic amines) is 1. The first-order valence-corrected chi connectivity index (χ1v) is 7.53. The van der Waals surface area contributed by atoms with Crippen LogP contribution in [0.25, 0.3) is 0 Å². The van der Waals surface area contributed by atoms with Gasteiger partial charge in [-0.1, -0.05) is 38.1 Å². The molecular formula is C17H25NO2. The van der Waals surface area contributed by atoms with Gasteiger partial charge in [0.1, 0.15) is 0 Å². The van der Waals surface area contributed by atoms with Crippen LogP contribution in [0.15, 0.2) is 24.3 Å². The van der Waals surface area contributed by atoms with Crippen molar-refractivity contribution in [3.63, 3.8) is 0 Å². The first-order chi connectivity index (χ1) is 9.47. The molecule has 2 rings (SSSR count). The highest BCUT2D eigenvalue weighted by molar-refractivity contribution is 5.70. The number of hydrogen-bond acceptors (Lipinski definition) is 2. The van der Waals surface area contributed by atoms with Gasteiger partial charge in [0.05, 0.1) is 5.92 Å². The summed E-state index contributed by atoms with van der Waals surface area (Å²) >= 11 is 0. The Kier molecular flexibility index (Phi) is 4.81. The van der Waals surface area contributed by atoms with E-state index in [1.165, 1.54) is 11.1 Å². The number of hydrogen-bond donors (Lipinski definition) is 1. The molecule has 1 aliphatic rings. The van der Waals surface area contributed by atoms with E-state index < -0.39 is 5.97 Å². The van der Waals surface area contributed by atoms with Crippen LogP contribution >= 0.6 is 0 Å². The molecule has 2 unspecified atom stereocenters. The molecule has 3 nitrogen and oxygen atoms in total. The summed E-state index contributed by atoms with van der Waals surface area (Å²) in [6.45, 7) is 8.10. The summed E-state index contributed by atoms with van der Waals surface area (Å²) in [5, 5.41) is 9.18. The van der Waals surface area contributed by atoms with Crippen molar-refractivity contribution in [2.45, 2.75) is 52.1 Å². The Morgan fingerprint density at radius 1 is 1.30 bits per heavy atom. The number of benzene rings is 1. The molecule has 20 heavy (non-hydrogen) atoms. The van der Waals surface area contributed by atoms with Gasteiger partial charge in [-0.3, -0.25) is 9.69 Å². The Morgan fingerprint density at radius 2 is 1.95 bits per heavy atom. The number of rotatable bonds is 4. The molecule has 0 amide bonds. The lowest BCUT2D eigenvalue weighted by Gasteiger charge is -2.36. The largest absolute Gasteiger partial charge is 0.481 e. The fraction of sp³-hybridized carbons (Fsp3) is 0.588. The minimum atomic E-state index is -0.656. The molecule has 2 atom stereocenters. The van der Waals surface area contributed by atoms with E-state index in [4.69, 9.17) is 0 Å². The van der Waals surface area contributed by atoms with Crippen LogP contribution in [0.4, 0.5) is 0 Å². The van der Waals surface area contributed by atoms with E-state index in [1.807, 2.05) is 0 Å². The van der Waals surface area contributed by atoms with Crippen LogP contribution in [0.3, 0.4) is 0 Å². The third-order valence-corrected chi connectivity index (χ3v) is 4.39. The normalized spacial score (nSPS) is 24.0. The first kappa shape index (κ1) is 15.0. The van der Waals surface area contributed by atoms with E-state index in [-0.39, 0.29) is 5.92 Å². The fourth-order valence-electron chi connectivity index (χ4n) is 2.84. The summed E-state index contributed by atoms with van der Waals surface area (Å²) in [4.78, 5) is 13.5. The summed E-state index contributed by atoms with van der Waals surface area (Å²) in [5.41, 5.74) is 2.62. The van der Waals surface area contributed by atoms with E-state index in [9.17, 15) is 9.90 Å². The minimum absolute atomic E-state index is 0.207. The van der Waals surface area contributed by atoms with Gasteiger partial charge in [-0.2, -0.15) is 0 Å². The summed E-state index contributed by atoms with van der Waals surface area (Å²) < 4.78 is 0. The van der Waals surface area contributed by atoms with Crippen molar-refractivity contribution in [2.24, 2.45) is 5.92 Å². The Balaban J connectivity index is 2.02.